The largest absolute Gasteiger partial charge is 0.299 e. The van der Waals surface area contributed by atoms with E-state index in [1.807, 2.05) is 14.0 Å². The number of carbonyl (C=O) groups excluding carboxylic acids is 1. The second-order valence-electron chi connectivity index (χ2n) is 2.63. The molecule has 0 aliphatic rings. The summed E-state index contributed by atoms with van der Waals surface area (Å²) in [5.41, 5.74) is 0. The van der Waals surface area contributed by atoms with Crippen molar-refractivity contribution in [2.45, 2.75) is 26.7 Å². The Bertz CT molecular complexity index is 101. The number of rotatable bonds is 5. The van der Waals surface area contributed by atoms with Crippen LogP contribution >= 0.6 is 0 Å². The van der Waals surface area contributed by atoms with Gasteiger partial charge in [-0.2, -0.15) is 0 Å². The normalized spacial score (nSPS) is 10.4. The fourth-order valence-corrected chi connectivity index (χ4v) is 0.874. The van der Waals surface area contributed by atoms with Gasteiger partial charge in [0, 0.05) is 6.42 Å². The molecule has 10 heavy (non-hydrogen) atoms. The van der Waals surface area contributed by atoms with Crippen molar-refractivity contribution < 1.29 is 4.79 Å². The summed E-state index contributed by atoms with van der Waals surface area (Å²) in [4.78, 5) is 12.9. The fraction of sp³-hybridized carbons (Fsp3) is 0.875. The Morgan fingerprint density at radius 1 is 1.40 bits per heavy atom. The molecule has 0 N–H and O–H groups in total. The molecule has 0 heterocycles. The zero-order chi connectivity index (χ0) is 7.98. The second kappa shape index (κ2) is 5.42. The lowest BCUT2D eigenvalue weighted by molar-refractivity contribution is -0.119. The third-order valence-electron chi connectivity index (χ3n) is 1.45. The number of likely N-dealkylation sites (N-methyl/N-ethyl adjacent to an activating group) is 1. The number of carbonyl (C=O) groups is 1. The van der Waals surface area contributed by atoms with E-state index in [1.54, 1.807) is 0 Å². The molecule has 0 spiro atoms. The van der Waals surface area contributed by atoms with E-state index in [-0.39, 0.29) is 0 Å². The summed E-state index contributed by atoms with van der Waals surface area (Å²) in [6.07, 6.45) is 1.78. The molecule has 2 heteroatoms. The number of nitrogens with zero attached hydrogens (tertiary/aromatic N) is 1. The van der Waals surface area contributed by atoms with Crippen molar-refractivity contribution >= 4 is 5.78 Å². The SMILES string of the molecule is CCCN(C)CC(=O)CC. The van der Waals surface area contributed by atoms with Crippen molar-refractivity contribution in [2.24, 2.45) is 0 Å². The van der Waals surface area contributed by atoms with Gasteiger partial charge in [0.05, 0.1) is 6.54 Å². The molecule has 0 unspecified atom stereocenters. The first-order chi connectivity index (χ1) is 4.70. The molecule has 0 aliphatic carbocycles. The molecule has 60 valence electrons. The van der Waals surface area contributed by atoms with Crippen LogP contribution in [0.25, 0.3) is 0 Å². The summed E-state index contributed by atoms with van der Waals surface area (Å²) in [5, 5.41) is 0. The predicted octanol–water partition coefficient (Wildman–Crippen LogP) is 1.31. The van der Waals surface area contributed by atoms with Gasteiger partial charge < -0.3 is 0 Å². The Labute approximate surface area is 63.2 Å². The van der Waals surface area contributed by atoms with Crippen LogP contribution in [0.5, 0.6) is 0 Å². The molecule has 0 rings (SSSR count). The van der Waals surface area contributed by atoms with E-state index in [0.717, 1.165) is 13.0 Å². The molecule has 0 bridgehead atoms. The van der Waals surface area contributed by atoms with Gasteiger partial charge in [-0.15, -0.1) is 0 Å². The van der Waals surface area contributed by atoms with Crippen LogP contribution in [-0.2, 0) is 4.79 Å². The van der Waals surface area contributed by atoms with Crippen molar-refractivity contribution in [3.8, 4) is 0 Å². The summed E-state index contributed by atoms with van der Waals surface area (Å²) in [6.45, 7) is 5.66. The molecule has 2 nitrogen and oxygen atoms in total. The van der Waals surface area contributed by atoms with Crippen molar-refractivity contribution in [1.29, 1.82) is 0 Å². The zero-order valence-corrected chi connectivity index (χ0v) is 7.18. The molecule has 0 atom stereocenters. The highest BCUT2D eigenvalue weighted by Crippen LogP contribution is 1.88. The fourth-order valence-electron chi connectivity index (χ4n) is 0.874. The van der Waals surface area contributed by atoms with Crippen molar-refractivity contribution in [1.82, 2.24) is 4.90 Å². The number of hydrogen-bond donors (Lipinski definition) is 0. The first-order valence-electron chi connectivity index (χ1n) is 3.91. The number of Topliss-reactive ketones (excluding diaryl/α,β-unsaturated/α-hetero) is 1. The summed E-state index contributed by atoms with van der Waals surface area (Å²) in [7, 11) is 1.98. The summed E-state index contributed by atoms with van der Waals surface area (Å²) in [6, 6.07) is 0. The van der Waals surface area contributed by atoms with Crippen LogP contribution < -0.4 is 0 Å². The maximum atomic E-state index is 10.9. The molecule has 0 fully saturated rings. The van der Waals surface area contributed by atoms with Crippen LogP contribution in [0.4, 0.5) is 0 Å². The van der Waals surface area contributed by atoms with E-state index in [0.29, 0.717) is 18.7 Å². The van der Waals surface area contributed by atoms with Gasteiger partial charge in [0.25, 0.3) is 0 Å². The van der Waals surface area contributed by atoms with E-state index in [1.165, 1.54) is 0 Å². The van der Waals surface area contributed by atoms with Gasteiger partial charge in [0.15, 0.2) is 0 Å². The highest BCUT2D eigenvalue weighted by atomic mass is 16.1. The highest BCUT2D eigenvalue weighted by molar-refractivity contribution is 5.80. The second-order valence-corrected chi connectivity index (χ2v) is 2.63. The van der Waals surface area contributed by atoms with E-state index < -0.39 is 0 Å². The zero-order valence-electron chi connectivity index (χ0n) is 7.18. The lowest BCUT2D eigenvalue weighted by atomic mass is 10.3. The van der Waals surface area contributed by atoms with E-state index >= 15 is 0 Å². The molecular formula is C8H17NO. The average Bonchev–Trinajstić information content (AvgIpc) is 1.88. The molecule has 0 aromatic rings. The van der Waals surface area contributed by atoms with Gasteiger partial charge in [0.2, 0.25) is 0 Å². The molecule has 0 saturated carbocycles. The van der Waals surface area contributed by atoms with Crippen LogP contribution in [0.15, 0.2) is 0 Å². The number of hydrogen-bond acceptors (Lipinski definition) is 2. The highest BCUT2D eigenvalue weighted by Gasteiger charge is 2.01. The standard InChI is InChI=1S/C8H17NO/c1-4-6-9(3)7-8(10)5-2/h4-7H2,1-3H3. The Hall–Kier alpha value is -0.370. The quantitative estimate of drug-likeness (QED) is 0.578. The molecule has 0 aromatic heterocycles. The predicted molar refractivity (Wildman–Crippen MR) is 43.1 cm³/mol. The van der Waals surface area contributed by atoms with Gasteiger partial charge >= 0.3 is 0 Å². The van der Waals surface area contributed by atoms with Crippen molar-refractivity contribution in [3.63, 3.8) is 0 Å². The summed E-state index contributed by atoms with van der Waals surface area (Å²) >= 11 is 0. The lowest BCUT2D eigenvalue weighted by Gasteiger charge is -2.12. The van der Waals surface area contributed by atoms with E-state index in [9.17, 15) is 4.79 Å². The molecule has 0 amide bonds. The van der Waals surface area contributed by atoms with Gasteiger partial charge in [-0.25, -0.2) is 0 Å². The third-order valence-corrected chi connectivity index (χ3v) is 1.45. The molecule has 0 aromatic carbocycles. The van der Waals surface area contributed by atoms with E-state index in [2.05, 4.69) is 11.8 Å². The van der Waals surface area contributed by atoms with Gasteiger partial charge in [-0.3, -0.25) is 9.69 Å². The maximum Gasteiger partial charge on any atom is 0.146 e. The Balaban J connectivity index is 3.37. The smallest absolute Gasteiger partial charge is 0.146 e. The van der Waals surface area contributed by atoms with Gasteiger partial charge in [-0.05, 0) is 20.0 Å². The van der Waals surface area contributed by atoms with Crippen LogP contribution in [0.2, 0.25) is 0 Å². The Morgan fingerprint density at radius 2 is 2.00 bits per heavy atom. The lowest BCUT2D eigenvalue weighted by Crippen LogP contribution is -2.25. The monoisotopic (exact) mass is 143 g/mol. The van der Waals surface area contributed by atoms with Crippen LogP contribution in [0, 0.1) is 0 Å². The first-order valence-corrected chi connectivity index (χ1v) is 3.91. The molecule has 0 aliphatic heterocycles. The molecule has 0 radical (unpaired) electrons. The van der Waals surface area contributed by atoms with Crippen molar-refractivity contribution in [2.75, 3.05) is 20.1 Å². The minimum Gasteiger partial charge on any atom is -0.299 e. The third kappa shape index (κ3) is 4.50. The Kier molecular flexibility index (Phi) is 5.22. The minimum absolute atomic E-state index is 0.330. The van der Waals surface area contributed by atoms with Crippen LogP contribution in [0.1, 0.15) is 26.7 Å². The van der Waals surface area contributed by atoms with Crippen LogP contribution in [-0.4, -0.2) is 30.8 Å². The summed E-state index contributed by atoms with van der Waals surface area (Å²) < 4.78 is 0. The van der Waals surface area contributed by atoms with Crippen molar-refractivity contribution in [3.05, 3.63) is 0 Å². The molecule has 0 saturated heterocycles. The van der Waals surface area contributed by atoms with Gasteiger partial charge in [-0.1, -0.05) is 13.8 Å². The Morgan fingerprint density at radius 3 is 2.40 bits per heavy atom. The first kappa shape index (κ1) is 9.63. The maximum absolute atomic E-state index is 10.9. The average molecular weight is 143 g/mol. The summed E-state index contributed by atoms with van der Waals surface area (Å²) in [5.74, 6) is 0.330. The van der Waals surface area contributed by atoms with Gasteiger partial charge in [0.1, 0.15) is 5.78 Å². The molecular weight excluding hydrogens is 126 g/mol. The van der Waals surface area contributed by atoms with E-state index in [4.69, 9.17) is 0 Å². The van der Waals surface area contributed by atoms with Crippen LogP contribution in [0.3, 0.4) is 0 Å². The minimum atomic E-state index is 0.330. The topological polar surface area (TPSA) is 20.3 Å². The number of ketones is 1.